The number of pyridine rings is 1. The van der Waals surface area contributed by atoms with E-state index in [4.69, 9.17) is 4.74 Å². The van der Waals surface area contributed by atoms with E-state index in [1.54, 1.807) is 25.1 Å². The second kappa shape index (κ2) is 6.94. The number of carboxylic acid groups (broad SMARTS) is 1. The van der Waals surface area contributed by atoms with Crippen LogP contribution in [0.3, 0.4) is 0 Å². The first-order valence-corrected chi connectivity index (χ1v) is 9.98. The summed E-state index contributed by atoms with van der Waals surface area (Å²) in [6.07, 6.45) is -3.25. The van der Waals surface area contributed by atoms with Gasteiger partial charge >= 0.3 is 12.3 Å². The van der Waals surface area contributed by atoms with Gasteiger partial charge in [0.15, 0.2) is 11.5 Å². The number of aromatic nitrogens is 1. The van der Waals surface area contributed by atoms with E-state index in [-0.39, 0.29) is 29.7 Å². The number of benzene rings is 1. The molecule has 0 aliphatic carbocycles. The highest BCUT2D eigenvalue weighted by molar-refractivity contribution is 5.99. The summed E-state index contributed by atoms with van der Waals surface area (Å²) in [5.74, 6) is -0.945. The molecular formula is C21H19F2N3O6. The molecule has 2 atom stereocenters. The van der Waals surface area contributed by atoms with Crippen LogP contribution < -0.4 is 24.4 Å². The van der Waals surface area contributed by atoms with Crippen LogP contribution in [0.15, 0.2) is 30.3 Å². The van der Waals surface area contributed by atoms with Crippen molar-refractivity contribution in [1.82, 2.24) is 4.98 Å². The van der Waals surface area contributed by atoms with Crippen molar-refractivity contribution < 1.29 is 37.7 Å². The summed E-state index contributed by atoms with van der Waals surface area (Å²) in [5.41, 5.74) is -0.777. The van der Waals surface area contributed by atoms with Crippen LogP contribution in [0, 0.1) is 5.92 Å². The molecule has 3 aliphatic rings. The van der Waals surface area contributed by atoms with E-state index in [2.05, 4.69) is 19.8 Å². The fourth-order valence-electron chi connectivity index (χ4n) is 4.11. The van der Waals surface area contributed by atoms with Crippen molar-refractivity contribution in [3.05, 3.63) is 35.9 Å². The number of hydrogen-bond acceptors (Lipinski definition) is 7. The maximum atomic E-state index is 13.4. The number of nitrogens with one attached hydrogen (secondary N) is 1. The van der Waals surface area contributed by atoms with Crippen molar-refractivity contribution in [3.63, 3.8) is 0 Å². The maximum absolute atomic E-state index is 13.4. The highest BCUT2D eigenvalue weighted by Gasteiger charge is 2.49. The molecule has 1 fully saturated rings. The molecular weight excluding hydrogens is 428 g/mol. The number of anilines is 2. The first kappa shape index (κ1) is 20.3. The Balaban J connectivity index is 1.35. The minimum absolute atomic E-state index is 0.000436. The average molecular weight is 447 g/mol. The largest absolute Gasteiger partial charge is 0.586 e. The number of carbonyl (C=O) groups excluding carboxylic acids is 1. The molecule has 0 saturated carbocycles. The molecule has 9 nitrogen and oxygen atoms in total. The van der Waals surface area contributed by atoms with Crippen molar-refractivity contribution in [3.8, 4) is 17.2 Å². The lowest BCUT2D eigenvalue weighted by Gasteiger charge is -2.22. The predicted molar refractivity (Wildman–Crippen MR) is 106 cm³/mol. The zero-order valence-corrected chi connectivity index (χ0v) is 16.9. The SMILES string of the molecule is C[C@]1(C(=O)Nc2cccc(N3CC[C@H](C(=O)O)C3)n2)COc2cc3c(cc21)OC(F)(F)O3. The van der Waals surface area contributed by atoms with Crippen molar-refractivity contribution in [2.75, 3.05) is 29.9 Å². The van der Waals surface area contributed by atoms with E-state index in [1.807, 2.05) is 4.90 Å². The van der Waals surface area contributed by atoms with Crippen molar-refractivity contribution >= 4 is 23.5 Å². The number of aliphatic carboxylic acids is 1. The minimum Gasteiger partial charge on any atom is -0.492 e. The predicted octanol–water partition coefficient (Wildman–Crippen LogP) is 2.60. The van der Waals surface area contributed by atoms with Crippen LogP contribution in [0.1, 0.15) is 18.9 Å². The second-order valence-corrected chi connectivity index (χ2v) is 8.19. The van der Waals surface area contributed by atoms with Gasteiger partial charge in [-0.1, -0.05) is 6.07 Å². The molecule has 2 N–H and O–H groups in total. The van der Waals surface area contributed by atoms with Gasteiger partial charge in [0.1, 0.15) is 29.4 Å². The molecule has 1 amide bonds. The van der Waals surface area contributed by atoms with Gasteiger partial charge in [0, 0.05) is 24.7 Å². The molecule has 0 radical (unpaired) electrons. The van der Waals surface area contributed by atoms with Gasteiger partial charge < -0.3 is 29.5 Å². The fraction of sp³-hybridized carbons (Fsp3) is 0.381. The topological polar surface area (TPSA) is 110 Å². The normalized spacial score (nSPS) is 24.7. The number of ether oxygens (including phenoxy) is 3. The Morgan fingerprint density at radius 2 is 1.97 bits per heavy atom. The molecule has 168 valence electrons. The summed E-state index contributed by atoms with van der Waals surface area (Å²) >= 11 is 0. The smallest absolute Gasteiger partial charge is 0.492 e. The van der Waals surface area contributed by atoms with Crippen molar-refractivity contribution in [1.29, 1.82) is 0 Å². The zero-order chi connectivity index (χ0) is 22.7. The van der Waals surface area contributed by atoms with E-state index in [0.717, 1.165) is 0 Å². The Kier molecular flexibility index (Phi) is 4.40. The molecule has 0 bridgehead atoms. The maximum Gasteiger partial charge on any atom is 0.586 e. The van der Waals surface area contributed by atoms with Gasteiger partial charge in [-0.05, 0) is 31.5 Å². The second-order valence-electron chi connectivity index (χ2n) is 8.19. The Bertz CT molecular complexity index is 1130. The van der Waals surface area contributed by atoms with E-state index < -0.39 is 29.5 Å². The van der Waals surface area contributed by atoms with Crippen LogP contribution in [0.25, 0.3) is 0 Å². The van der Waals surface area contributed by atoms with Gasteiger partial charge in [-0.3, -0.25) is 9.59 Å². The molecule has 4 heterocycles. The zero-order valence-electron chi connectivity index (χ0n) is 16.9. The van der Waals surface area contributed by atoms with Gasteiger partial charge in [-0.25, -0.2) is 4.98 Å². The molecule has 0 unspecified atom stereocenters. The lowest BCUT2D eigenvalue weighted by atomic mass is 9.83. The number of rotatable bonds is 4. The third-order valence-electron chi connectivity index (χ3n) is 5.95. The molecule has 0 spiro atoms. The van der Waals surface area contributed by atoms with E-state index >= 15 is 0 Å². The molecule has 3 aliphatic heterocycles. The molecule has 2 aromatic rings. The molecule has 32 heavy (non-hydrogen) atoms. The molecule has 5 rings (SSSR count). The number of carboxylic acids is 1. The van der Waals surface area contributed by atoms with Crippen LogP contribution >= 0.6 is 0 Å². The van der Waals surface area contributed by atoms with Crippen LogP contribution in [0.2, 0.25) is 0 Å². The first-order valence-electron chi connectivity index (χ1n) is 9.98. The van der Waals surface area contributed by atoms with Gasteiger partial charge in [-0.15, -0.1) is 8.78 Å². The third-order valence-corrected chi connectivity index (χ3v) is 5.95. The third kappa shape index (κ3) is 3.33. The Labute approximate surface area is 180 Å². The van der Waals surface area contributed by atoms with Crippen molar-refractivity contribution in [2.24, 2.45) is 5.92 Å². The van der Waals surface area contributed by atoms with E-state index in [9.17, 15) is 23.5 Å². The van der Waals surface area contributed by atoms with Gasteiger partial charge in [0.2, 0.25) is 5.91 Å². The van der Waals surface area contributed by atoms with Gasteiger partial charge in [-0.2, -0.15) is 0 Å². The number of carbonyl (C=O) groups is 2. The number of fused-ring (bicyclic) bond motifs is 2. The quantitative estimate of drug-likeness (QED) is 0.736. The van der Waals surface area contributed by atoms with Crippen LogP contribution in [-0.2, 0) is 15.0 Å². The number of alkyl halides is 2. The highest BCUT2D eigenvalue weighted by atomic mass is 19.3. The Hall–Kier alpha value is -3.63. The summed E-state index contributed by atoms with van der Waals surface area (Å²) in [5, 5.41) is 11.9. The molecule has 1 aromatic carbocycles. The summed E-state index contributed by atoms with van der Waals surface area (Å²) in [4.78, 5) is 30.7. The van der Waals surface area contributed by atoms with Crippen LogP contribution in [0.5, 0.6) is 17.2 Å². The van der Waals surface area contributed by atoms with Gasteiger partial charge in [0.05, 0.1) is 5.92 Å². The number of amides is 1. The Morgan fingerprint density at radius 1 is 1.22 bits per heavy atom. The molecule has 11 heteroatoms. The minimum atomic E-state index is -3.77. The number of halogens is 2. The van der Waals surface area contributed by atoms with Crippen LogP contribution in [0.4, 0.5) is 20.4 Å². The molecule has 1 saturated heterocycles. The summed E-state index contributed by atoms with van der Waals surface area (Å²) in [6, 6.07) is 7.70. The van der Waals surface area contributed by atoms with Crippen molar-refractivity contribution in [2.45, 2.75) is 25.1 Å². The van der Waals surface area contributed by atoms with Crippen LogP contribution in [-0.4, -0.2) is 48.0 Å². The summed E-state index contributed by atoms with van der Waals surface area (Å²) in [6.45, 7) is 2.53. The van der Waals surface area contributed by atoms with E-state index in [0.29, 0.717) is 30.9 Å². The molecule has 1 aromatic heterocycles. The fourth-order valence-corrected chi connectivity index (χ4v) is 4.11. The lowest BCUT2D eigenvalue weighted by molar-refractivity contribution is -0.286. The Morgan fingerprint density at radius 3 is 2.69 bits per heavy atom. The van der Waals surface area contributed by atoms with E-state index in [1.165, 1.54) is 12.1 Å². The summed E-state index contributed by atoms with van der Waals surface area (Å²) in [7, 11) is 0. The standard InChI is InChI=1S/C21H19F2N3O6/c1-20(10-30-13-8-15-14(7-12(13)20)31-21(22,23)32-15)19(29)25-16-3-2-4-17(24-16)26-6-5-11(9-26)18(27)28/h2-4,7-8,11H,5-6,9-10H2,1H3,(H,27,28)(H,24,25,29)/t11-,20-/m0/s1. The highest BCUT2D eigenvalue weighted by Crippen LogP contribution is 2.50. The lowest BCUT2D eigenvalue weighted by Crippen LogP contribution is -2.39. The van der Waals surface area contributed by atoms with Gasteiger partial charge in [0.25, 0.3) is 0 Å². The monoisotopic (exact) mass is 447 g/mol. The first-order chi connectivity index (χ1) is 15.1. The summed E-state index contributed by atoms with van der Waals surface area (Å²) < 4.78 is 41.3. The average Bonchev–Trinajstić information content (AvgIpc) is 3.42. The number of hydrogen-bond donors (Lipinski definition) is 2. The number of nitrogens with zero attached hydrogens (tertiary/aromatic N) is 2.